The molecule has 0 aromatic heterocycles. The summed E-state index contributed by atoms with van der Waals surface area (Å²) in [6.45, 7) is 15.3. The van der Waals surface area contributed by atoms with Gasteiger partial charge in [0.15, 0.2) is 0 Å². The Morgan fingerprint density at radius 1 is 0.783 bits per heavy atom. The third kappa shape index (κ3) is 11.6. The maximum atomic E-state index is 4.38. The molecule has 0 spiro atoms. The molecule has 0 aliphatic heterocycles. The van der Waals surface area contributed by atoms with E-state index in [0.29, 0.717) is 5.92 Å². The van der Waals surface area contributed by atoms with Crippen molar-refractivity contribution in [2.45, 2.75) is 111 Å². The first-order valence-electron chi connectivity index (χ1n) is 10.5. The molecule has 0 aromatic carbocycles. The van der Waals surface area contributed by atoms with Gasteiger partial charge in [0.25, 0.3) is 0 Å². The summed E-state index contributed by atoms with van der Waals surface area (Å²) in [5.74, 6) is 1.30. The van der Waals surface area contributed by atoms with E-state index in [2.05, 4.69) is 40.0 Å². The Bertz CT molecular complexity index is 276. The highest BCUT2D eigenvalue weighted by atomic mass is 14.2. The van der Waals surface area contributed by atoms with Gasteiger partial charge in [0, 0.05) is 0 Å². The number of allylic oxidation sites excluding steroid dienone is 2. The normalized spacial score (nSPS) is 13.7. The van der Waals surface area contributed by atoms with E-state index in [1.54, 1.807) is 0 Å². The van der Waals surface area contributed by atoms with E-state index in [1.807, 2.05) is 0 Å². The van der Waals surface area contributed by atoms with Crippen LogP contribution in [0.25, 0.3) is 0 Å². The van der Waals surface area contributed by atoms with Crippen molar-refractivity contribution in [1.82, 2.24) is 0 Å². The van der Waals surface area contributed by atoms with E-state index in [9.17, 15) is 0 Å². The highest BCUT2D eigenvalue weighted by Crippen LogP contribution is 2.30. The first-order chi connectivity index (χ1) is 11.2. The lowest BCUT2D eigenvalue weighted by Crippen LogP contribution is -2.14. The molecular formula is C23H44. The monoisotopic (exact) mass is 320 g/mol. The van der Waals surface area contributed by atoms with Crippen LogP contribution in [0.5, 0.6) is 0 Å². The van der Waals surface area contributed by atoms with Crippen molar-refractivity contribution in [3.05, 3.63) is 24.8 Å². The SMILES string of the molecule is C=CC(C(=C)CCCCCCCCCCCC)C(CC)CCC. The molecule has 2 atom stereocenters. The molecule has 0 bridgehead atoms. The molecule has 0 heterocycles. The van der Waals surface area contributed by atoms with Gasteiger partial charge in [0.1, 0.15) is 0 Å². The number of hydrogen-bond acceptors (Lipinski definition) is 0. The van der Waals surface area contributed by atoms with Crippen LogP contribution in [0.3, 0.4) is 0 Å². The topological polar surface area (TPSA) is 0 Å². The maximum absolute atomic E-state index is 4.38. The Morgan fingerprint density at radius 2 is 1.30 bits per heavy atom. The van der Waals surface area contributed by atoms with Crippen molar-refractivity contribution in [3.8, 4) is 0 Å². The Labute approximate surface area is 147 Å². The predicted molar refractivity (Wildman–Crippen MR) is 108 cm³/mol. The lowest BCUT2D eigenvalue weighted by atomic mass is 9.80. The molecule has 0 saturated heterocycles. The summed E-state index contributed by atoms with van der Waals surface area (Å²) in [6, 6.07) is 0. The van der Waals surface area contributed by atoms with Crippen molar-refractivity contribution in [2.75, 3.05) is 0 Å². The fourth-order valence-electron chi connectivity index (χ4n) is 3.71. The van der Waals surface area contributed by atoms with Gasteiger partial charge < -0.3 is 0 Å². The zero-order valence-corrected chi connectivity index (χ0v) is 16.5. The van der Waals surface area contributed by atoms with Gasteiger partial charge in [0.05, 0.1) is 0 Å². The Morgan fingerprint density at radius 3 is 1.74 bits per heavy atom. The van der Waals surface area contributed by atoms with E-state index in [-0.39, 0.29) is 0 Å². The van der Waals surface area contributed by atoms with Crippen LogP contribution in [0.2, 0.25) is 0 Å². The van der Waals surface area contributed by atoms with Gasteiger partial charge in [-0.05, 0) is 31.1 Å². The van der Waals surface area contributed by atoms with E-state index in [0.717, 1.165) is 5.92 Å². The van der Waals surface area contributed by atoms with E-state index in [1.165, 1.54) is 95.5 Å². The van der Waals surface area contributed by atoms with Gasteiger partial charge in [-0.3, -0.25) is 0 Å². The van der Waals surface area contributed by atoms with Crippen molar-refractivity contribution in [1.29, 1.82) is 0 Å². The third-order valence-corrected chi connectivity index (χ3v) is 5.27. The van der Waals surface area contributed by atoms with Crippen LogP contribution in [-0.2, 0) is 0 Å². The molecule has 0 saturated carbocycles. The minimum absolute atomic E-state index is 0.540. The van der Waals surface area contributed by atoms with E-state index in [4.69, 9.17) is 0 Å². The zero-order chi connectivity index (χ0) is 17.3. The van der Waals surface area contributed by atoms with Crippen LogP contribution in [0.4, 0.5) is 0 Å². The highest BCUT2D eigenvalue weighted by molar-refractivity contribution is 5.09. The van der Waals surface area contributed by atoms with Crippen LogP contribution in [0.1, 0.15) is 111 Å². The first kappa shape index (κ1) is 22.5. The van der Waals surface area contributed by atoms with Crippen LogP contribution < -0.4 is 0 Å². The standard InChI is InChI=1S/C23H44/c1-6-10-11-12-13-14-15-16-17-18-20-21(5)23(9-4)22(8-3)19-7-2/h9,22-23H,4-8,10-20H2,1-3H3. The van der Waals surface area contributed by atoms with Crippen LogP contribution in [-0.4, -0.2) is 0 Å². The van der Waals surface area contributed by atoms with Gasteiger partial charge in [0.2, 0.25) is 0 Å². The average molecular weight is 321 g/mol. The smallest absolute Gasteiger partial charge is 0.0000458 e. The summed E-state index contributed by atoms with van der Waals surface area (Å²) in [7, 11) is 0. The van der Waals surface area contributed by atoms with Gasteiger partial charge in [-0.15, -0.1) is 6.58 Å². The molecule has 0 heteroatoms. The van der Waals surface area contributed by atoms with Crippen molar-refractivity contribution >= 4 is 0 Å². The molecule has 0 aliphatic carbocycles. The molecule has 0 radical (unpaired) electrons. The lowest BCUT2D eigenvalue weighted by molar-refractivity contribution is 0.383. The second kappa shape index (κ2) is 16.3. The average Bonchev–Trinajstić information content (AvgIpc) is 2.56. The molecule has 136 valence electrons. The van der Waals surface area contributed by atoms with Gasteiger partial charge in [-0.2, -0.15) is 0 Å². The summed E-state index contributed by atoms with van der Waals surface area (Å²) >= 11 is 0. The molecule has 0 amide bonds. The molecule has 0 fully saturated rings. The van der Waals surface area contributed by atoms with E-state index < -0.39 is 0 Å². The van der Waals surface area contributed by atoms with Crippen LogP contribution >= 0.6 is 0 Å². The first-order valence-corrected chi connectivity index (χ1v) is 10.5. The summed E-state index contributed by atoms with van der Waals surface area (Å²) in [5, 5.41) is 0. The summed E-state index contributed by atoms with van der Waals surface area (Å²) in [5.41, 5.74) is 1.43. The second-order valence-corrected chi connectivity index (χ2v) is 7.31. The molecule has 0 N–H and O–H groups in total. The Kier molecular flexibility index (Phi) is 16.0. The minimum Gasteiger partial charge on any atom is -0.102 e. The van der Waals surface area contributed by atoms with Gasteiger partial charge >= 0.3 is 0 Å². The van der Waals surface area contributed by atoms with Crippen LogP contribution in [0, 0.1) is 11.8 Å². The second-order valence-electron chi connectivity index (χ2n) is 7.31. The molecule has 0 rings (SSSR count). The van der Waals surface area contributed by atoms with Crippen LogP contribution in [0.15, 0.2) is 24.8 Å². The molecule has 0 aliphatic rings. The molecular weight excluding hydrogens is 276 g/mol. The van der Waals surface area contributed by atoms with Crippen molar-refractivity contribution in [2.24, 2.45) is 11.8 Å². The number of unbranched alkanes of at least 4 members (excludes halogenated alkanes) is 9. The summed E-state index contributed by atoms with van der Waals surface area (Å²) in [6.07, 6.45) is 21.3. The lowest BCUT2D eigenvalue weighted by Gasteiger charge is -2.25. The highest BCUT2D eigenvalue weighted by Gasteiger charge is 2.18. The van der Waals surface area contributed by atoms with Crippen molar-refractivity contribution in [3.63, 3.8) is 0 Å². The zero-order valence-electron chi connectivity index (χ0n) is 16.5. The number of rotatable bonds is 17. The van der Waals surface area contributed by atoms with E-state index >= 15 is 0 Å². The van der Waals surface area contributed by atoms with Gasteiger partial charge in [-0.25, -0.2) is 0 Å². The minimum atomic E-state index is 0.540. The molecule has 23 heavy (non-hydrogen) atoms. The summed E-state index contributed by atoms with van der Waals surface area (Å²) in [4.78, 5) is 0. The Hall–Kier alpha value is -0.520. The fraction of sp³-hybridized carbons (Fsp3) is 0.826. The molecule has 0 nitrogen and oxygen atoms in total. The number of hydrogen-bond donors (Lipinski definition) is 0. The largest absolute Gasteiger partial charge is 0.102 e. The van der Waals surface area contributed by atoms with Crippen molar-refractivity contribution < 1.29 is 0 Å². The molecule has 0 aromatic rings. The fourth-order valence-corrected chi connectivity index (χ4v) is 3.71. The Balaban J connectivity index is 3.70. The summed E-state index contributed by atoms with van der Waals surface area (Å²) < 4.78 is 0. The quantitative estimate of drug-likeness (QED) is 0.186. The third-order valence-electron chi connectivity index (χ3n) is 5.27. The molecule has 2 unspecified atom stereocenters. The predicted octanol–water partition coefficient (Wildman–Crippen LogP) is 8.48. The maximum Gasteiger partial charge on any atom is -0.0000458 e. The van der Waals surface area contributed by atoms with Gasteiger partial charge in [-0.1, -0.05) is 110 Å².